The van der Waals surface area contributed by atoms with Gasteiger partial charge < -0.3 is 0 Å². The Hall–Kier alpha value is -0.460. The standard InChI is InChI=1S/C12H12BrNS/c13-12-7-9(3-5-14)1-2-11(12)10-4-6-15-8-10/h1-2,7,10H,3-4,6,8H2. The Balaban J connectivity index is 2.22. The van der Waals surface area contributed by atoms with Crippen molar-refractivity contribution in [1.29, 1.82) is 5.26 Å². The molecule has 0 radical (unpaired) electrons. The van der Waals surface area contributed by atoms with Gasteiger partial charge in [-0.05, 0) is 35.3 Å². The van der Waals surface area contributed by atoms with Crippen LogP contribution in [-0.2, 0) is 6.42 Å². The minimum atomic E-state index is 0.498. The summed E-state index contributed by atoms with van der Waals surface area (Å²) in [6, 6.07) is 8.51. The quantitative estimate of drug-likeness (QED) is 0.825. The van der Waals surface area contributed by atoms with Crippen LogP contribution in [0.5, 0.6) is 0 Å². The third kappa shape index (κ3) is 2.56. The SMILES string of the molecule is N#CCc1ccc(C2CCSC2)c(Br)c1. The predicted molar refractivity (Wildman–Crippen MR) is 68.1 cm³/mol. The molecule has 2 rings (SSSR count). The van der Waals surface area contributed by atoms with Gasteiger partial charge in [0.15, 0.2) is 0 Å². The predicted octanol–water partition coefficient (Wildman–Crippen LogP) is 3.74. The zero-order valence-electron chi connectivity index (χ0n) is 8.37. The molecule has 0 bridgehead atoms. The summed E-state index contributed by atoms with van der Waals surface area (Å²) in [5, 5.41) is 8.62. The second-order valence-electron chi connectivity index (χ2n) is 3.75. The fourth-order valence-electron chi connectivity index (χ4n) is 1.88. The van der Waals surface area contributed by atoms with Gasteiger partial charge in [0.25, 0.3) is 0 Å². The first kappa shape index (κ1) is 11.0. The summed E-state index contributed by atoms with van der Waals surface area (Å²) in [5.41, 5.74) is 2.50. The molecule has 0 saturated carbocycles. The van der Waals surface area contributed by atoms with Crippen LogP contribution in [0.25, 0.3) is 0 Å². The Bertz CT molecular complexity index is 391. The molecule has 1 aliphatic rings. The fraction of sp³-hybridized carbons (Fsp3) is 0.417. The summed E-state index contributed by atoms with van der Waals surface area (Å²) in [6.45, 7) is 0. The lowest BCUT2D eigenvalue weighted by molar-refractivity contribution is 0.777. The van der Waals surface area contributed by atoms with Gasteiger partial charge in [-0.1, -0.05) is 28.1 Å². The van der Waals surface area contributed by atoms with Crippen LogP contribution >= 0.6 is 27.7 Å². The molecule has 1 heterocycles. The minimum Gasteiger partial charge on any atom is -0.198 e. The van der Waals surface area contributed by atoms with Crippen LogP contribution in [0.2, 0.25) is 0 Å². The van der Waals surface area contributed by atoms with Gasteiger partial charge in [0.05, 0.1) is 12.5 Å². The third-order valence-electron chi connectivity index (χ3n) is 2.72. The van der Waals surface area contributed by atoms with Crippen molar-refractivity contribution in [2.45, 2.75) is 18.8 Å². The molecule has 1 nitrogen and oxygen atoms in total. The van der Waals surface area contributed by atoms with Crippen molar-refractivity contribution in [1.82, 2.24) is 0 Å². The van der Waals surface area contributed by atoms with Gasteiger partial charge >= 0.3 is 0 Å². The highest BCUT2D eigenvalue weighted by Gasteiger charge is 2.19. The summed E-state index contributed by atoms with van der Waals surface area (Å²) in [5.74, 6) is 3.20. The molecule has 1 fully saturated rings. The molecule has 1 aromatic rings. The van der Waals surface area contributed by atoms with E-state index in [1.807, 2.05) is 11.8 Å². The number of rotatable bonds is 2. The molecule has 0 aromatic heterocycles. The maximum Gasteiger partial charge on any atom is 0.0669 e. The van der Waals surface area contributed by atoms with Gasteiger partial charge in [0.1, 0.15) is 0 Å². The third-order valence-corrected chi connectivity index (χ3v) is 4.57. The maximum absolute atomic E-state index is 8.62. The van der Waals surface area contributed by atoms with Gasteiger partial charge in [0, 0.05) is 10.2 Å². The number of benzene rings is 1. The molecule has 3 heteroatoms. The van der Waals surface area contributed by atoms with Gasteiger partial charge in [-0.3, -0.25) is 0 Å². The Kier molecular flexibility index (Phi) is 3.71. The highest BCUT2D eigenvalue weighted by Crippen LogP contribution is 2.36. The molecule has 1 aliphatic heterocycles. The highest BCUT2D eigenvalue weighted by molar-refractivity contribution is 9.10. The fourth-order valence-corrected chi connectivity index (χ4v) is 3.88. The van der Waals surface area contributed by atoms with E-state index in [-0.39, 0.29) is 0 Å². The van der Waals surface area contributed by atoms with Crippen molar-refractivity contribution in [2.24, 2.45) is 0 Å². The average Bonchev–Trinajstić information content (AvgIpc) is 2.71. The monoisotopic (exact) mass is 281 g/mol. The van der Waals surface area contributed by atoms with Crippen molar-refractivity contribution in [3.05, 3.63) is 33.8 Å². The number of nitriles is 1. The van der Waals surface area contributed by atoms with Crippen LogP contribution in [0.15, 0.2) is 22.7 Å². The summed E-state index contributed by atoms with van der Waals surface area (Å²) < 4.78 is 1.17. The van der Waals surface area contributed by atoms with E-state index in [0.29, 0.717) is 12.3 Å². The number of thioether (sulfide) groups is 1. The lowest BCUT2D eigenvalue weighted by Gasteiger charge is -2.11. The number of nitrogens with zero attached hydrogens (tertiary/aromatic N) is 1. The van der Waals surface area contributed by atoms with E-state index >= 15 is 0 Å². The van der Waals surface area contributed by atoms with Crippen molar-refractivity contribution in [2.75, 3.05) is 11.5 Å². The molecule has 0 amide bonds. The lowest BCUT2D eigenvalue weighted by atomic mass is 9.97. The number of hydrogen-bond donors (Lipinski definition) is 0. The largest absolute Gasteiger partial charge is 0.198 e. The molecular weight excluding hydrogens is 270 g/mol. The highest BCUT2D eigenvalue weighted by atomic mass is 79.9. The van der Waals surface area contributed by atoms with Crippen molar-refractivity contribution < 1.29 is 0 Å². The summed E-state index contributed by atoms with van der Waals surface area (Å²) in [6.07, 6.45) is 1.78. The van der Waals surface area contributed by atoms with Crippen LogP contribution in [0.3, 0.4) is 0 Å². The topological polar surface area (TPSA) is 23.8 Å². The molecular formula is C12H12BrNS. The molecule has 0 spiro atoms. The van der Waals surface area contributed by atoms with Gasteiger partial charge in [-0.2, -0.15) is 17.0 Å². The van der Waals surface area contributed by atoms with Crippen molar-refractivity contribution in [3.63, 3.8) is 0 Å². The molecule has 1 saturated heterocycles. The van der Waals surface area contributed by atoms with Crippen LogP contribution in [0.4, 0.5) is 0 Å². The minimum absolute atomic E-state index is 0.498. The first-order valence-electron chi connectivity index (χ1n) is 5.04. The molecule has 15 heavy (non-hydrogen) atoms. The smallest absolute Gasteiger partial charge is 0.0669 e. The second-order valence-corrected chi connectivity index (χ2v) is 5.76. The Labute approximate surface area is 103 Å². The van der Waals surface area contributed by atoms with E-state index in [1.165, 1.54) is 28.0 Å². The van der Waals surface area contributed by atoms with E-state index in [0.717, 1.165) is 5.56 Å². The van der Waals surface area contributed by atoms with Crippen molar-refractivity contribution >= 4 is 27.7 Å². The first-order valence-corrected chi connectivity index (χ1v) is 6.99. The maximum atomic E-state index is 8.62. The normalized spacial score (nSPS) is 20.1. The van der Waals surface area contributed by atoms with Crippen molar-refractivity contribution in [3.8, 4) is 6.07 Å². The van der Waals surface area contributed by atoms with Gasteiger partial charge in [-0.25, -0.2) is 0 Å². The van der Waals surface area contributed by atoms with Crippen LogP contribution < -0.4 is 0 Å². The molecule has 1 aromatic carbocycles. The van der Waals surface area contributed by atoms with E-state index < -0.39 is 0 Å². The number of halogens is 1. The molecule has 0 N–H and O–H groups in total. The van der Waals surface area contributed by atoms with Gasteiger partial charge in [0.2, 0.25) is 0 Å². The Morgan fingerprint density at radius 3 is 3.00 bits per heavy atom. The zero-order chi connectivity index (χ0) is 10.7. The van der Waals surface area contributed by atoms with E-state index in [4.69, 9.17) is 5.26 Å². The summed E-state index contributed by atoms with van der Waals surface area (Å²) in [4.78, 5) is 0. The van der Waals surface area contributed by atoms with Crippen LogP contribution in [0, 0.1) is 11.3 Å². The summed E-state index contributed by atoms with van der Waals surface area (Å²) >= 11 is 5.64. The van der Waals surface area contributed by atoms with E-state index in [9.17, 15) is 0 Å². The van der Waals surface area contributed by atoms with Crippen LogP contribution in [0.1, 0.15) is 23.5 Å². The molecule has 78 valence electrons. The lowest BCUT2D eigenvalue weighted by Crippen LogP contribution is -1.98. The summed E-state index contributed by atoms with van der Waals surface area (Å²) in [7, 11) is 0. The molecule has 0 aliphatic carbocycles. The van der Waals surface area contributed by atoms with Gasteiger partial charge in [-0.15, -0.1) is 0 Å². The second kappa shape index (κ2) is 5.05. The first-order chi connectivity index (χ1) is 7.31. The van der Waals surface area contributed by atoms with Crippen LogP contribution in [-0.4, -0.2) is 11.5 Å². The van der Waals surface area contributed by atoms with E-state index in [1.54, 1.807) is 0 Å². The molecule has 1 unspecified atom stereocenters. The Morgan fingerprint density at radius 1 is 1.53 bits per heavy atom. The molecule has 1 atom stereocenters. The average molecular weight is 282 g/mol. The zero-order valence-corrected chi connectivity index (χ0v) is 10.8. The Morgan fingerprint density at radius 2 is 2.40 bits per heavy atom. The van der Waals surface area contributed by atoms with E-state index in [2.05, 4.69) is 40.2 Å². The number of hydrogen-bond acceptors (Lipinski definition) is 2.